The number of aliphatic carboxylic acids is 1. The molecule has 0 aliphatic heterocycles. The molecule has 0 radical (unpaired) electrons. The van der Waals surface area contributed by atoms with E-state index in [0.717, 1.165) is 38.5 Å². The van der Waals surface area contributed by atoms with Crippen LogP contribution in [-0.4, -0.2) is 16.1 Å². The van der Waals surface area contributed by atoms with Gasteiger partial charge in [-0.1, -0.05) is 32.1 Å². The summed E-state index contributed by atoms with van der Waals surface area (Å²) in [7, 11) is 0. The predicted molar refractivity (Wildman–Crippen MR) is 74.9 cm³/mol. The molecule has 3 heteroatoms. The van der Waals surface area contributed by atoms with Crippen LogP contribution < -0.4 is 0 Å². The van der Waals surface area contributed by atoms with Gasteiger partial charge in [-0.05, 0) is 43.4 Å². The minimum absolute atomic E-state index is 0.496. The van der Waals surface area contributed by atoms with Crippen LogP contribution in [0.25, 0.3) is 0 Å². The zero-order valence-electron chi connectivity index (χ0n) is 11.5. The van der Waals surface area contributed by atoms with Gasteiger partial charge in [0, 0.05) is 12.4 Å². The smallest absolute Gasteiger partial charge is 0.309 e. The van der Waals surface area contributed by atoms with Gasteiger partial charge in [-0.3, -0.25) is 9.78 Å². The number of hydrogen-bond donors (Lipinski definition) is 1. The third kappa shape index (κ3) is 3.79. The summed E-state index contributed by atoms with van der Waals surface area (Å²) in [6.07, 6.45) is 12.6. The Morgan fingerprint density at radius 1 is 1.11 bits per heavy atom. The molecule has 1 aromatic rings. The molecule has 0 spiro atoms. The van der Waals surface area contributed by atoms with Crippen molar-refractivity contribution in [3.05, 3.63) is 30.1 Å². The number of carbonyl (C=O) groups is 1. The van der Waals surface area contributed by atoms with Crippen LogP contribution in [0.4, 0.5) is 0 Å². The third-order valence-corrected chi connectivity index (χ3v) is 4.41. The molecule has 0 saturated heterocycles. The maximum Gasteiger partial charge on any atom is 0.309 e. The van der Waals surface area contributed by atoms with E-state index in [1.165, 1.54) is 24.8 Å². The summed E-state index contributed by atoms with van der Waals surface area (Å²) in [5.41, 5.74) is 0.696. The number of aromatic nitrogens is 1. The van der Waals surface area contributed by atoms with Crippen molar-refractivity contribution < 1.29 is 9.90 Å². The van der Waals surface area contributed by atoms with Gasteiger partial charge in [0.15, 0.2) is 0 Å². The van der Waals surface area contributed by atoms with E-state index in [2.05, 4.69) is 4.98 Å². The van der Waals surface area contributed by atoms with E-state index < -0.39 is 11.4 Å². The van der Waals surface area contributed by atoms with Crippen molar-refractivity contribution in [3.63, 3.8) is 0 Å². The molecule has 2 rings (SSSR count). The second kappa shape index (κ2) is 6.69. The molecule has 1 saturated carbocycles. The Labute approximate surface area is 115 Å². The standard InChI is InChI=1S/C16H23NO2/c18-15(19)16(9-4-2-1-3-5-10-16)11-6-14-7-12-17-13-8-14/h7-8,12-13H,1-6,9-11H2,(H,18,19). The molecule has 1 heterocycles. The molecule has 1 N–H and O–H groups in total. The monoisotopic (exact) mass is 261 g/mol. The minimum Gasteiger partial charge on any atom is -0.481 e. The maximum atomic E-state index is 11.8. The van der Waals surface area contributed by atoms with E-state index in [1.807, 2.05) is 12.1 Å². The second-order valence-corrected chi connectivity index (χ2v) is 5.71. The minimum atomic E-state index is -0.594. The van der Waals surface area contributed by atoms with Gasteiger partial charge in [0.25, 0.3) is 0 Å². The van der Waals surface area contributed by atoms with E-state index in [1.54, 1.807) is 12.4 Å². The van der Waals surface area contributed by atoms with Crippen molar-refractivity contribution in [2.75, 3.05) is 0 Å². The molecular weight excluding hydrogens is 238 g/mol. The Balaban J connectivity index is 2.03. The molecule has 0 aromatic carbocycles. The molecule has 104 valence electrons. The van der Waals surface area contributed by atoms with Crippen LogP contribution in [0.15, 0.2) is 24.5 Å². The zero-order chi connectivity index (χ0) is 13.6. The van der Waals surface area contributed by atoms with Crippen LogP contribution >= 0.6 is 0 Å². The highest BCUT2D eigenvalue weighted by molar-refractivity contribution is 5.74. The lowest BCUT2D eigenvalue weighted by molar-refractivity contribution is -0.150. The normalized spacial score (nSPS) is 19.4. The topological polar surface area (TPSA) is 50.2 Å². The zero-order valence-corrected chi connectivity index (χ0v) is 11.5. The molecule has 0 bridgehead atoms. The van der Waals surface area contributed by atoms with E-state index in [-0.39, 0.29) is 0 Å². The summed E-state index contributed by atoms with van der Waals surface area (Å²) in [6.45, 7) is 0. The summed E-state index contributed by atoms with van der Waals surface area (Å²) in [5.74, 6) is -0.594. The molecule has 1 aliphatic carbocycles. The van der Waals surface area contributed by atoms with E-state index in [0.29, 0.717) is 0 Å². The number of carboxylic acids is 1. The van der Waals surface area contributed by atoms with Gasteiger partial charge in [0.2, 0.25) is 0 Å². The molecule has 0 atom stereocenters. The first-order valence-corrected chi connectivity index (χ1v) is 7.35. The highest BCUT2D eigenvalue weighted by Gasteiger charge is 2.37. The third-order valence-electron chi connectivity index (χ3n) is 4.41. The molecule has 0 unspecified atom stereocenters. The van der Waals surface area contributed by atoms with Crippen molar-refractivity contribution in [2.24, 2.45) is 5.41 Å². The van der Waals surface area contributed by atoms with Crippen LogP contribution in [0.5, 0.6) is 0 Å². The molecular formula is C16H23NO2. The Hall–Kier alpha value is -1.38. The number of rotatable bonds is 4. The number of nitrogens with zero attached hydrogens (tertiary/aromatic N) is 1. The molecule has 1 fully saturated rings. The molecule has 1 aromatic heterocycles. The van der Waals surface area contributed by atoms with Crippen molar-refractivity contribution in [2.45, 2.75) is 57.8 Å². The number of aryl methyl sites for hydroxylation is 1. The fourth-order valence-electron chi connectivity index (χ4n) is 3.09. The summed E-state index contributed by atoms with van der Waals surface area (Å²) in [5, 5.41) is 9.67. The number of hydrogen-bond acceptors (Lipinski definition) is 2. The van der Waals surface area contributed by atoms with Crippen LogP contribution in [0.2, 0.25) is 0 Å². The largest absolute Gasteiger partial charge is 0.481 e. The molecule has 3 nitrogen and oxygen atoms in total. The van der Waals surface area contributed by atoms with Crippen molar-refractivity contribution in [3.8, 4) is 0 Å². The molecule has 1 aliphatic rings. The SMILES string of the molecule is O=C(O)C1(CCc2ccncc2)CCCCCCC1. The van der Waals surface area contributed by atoms with Gasteiger partial charge in [-0.2, -0.15) is 0 Å². The fourth-order valence-corrected chi connectivity index (χ4v) is 3.09. The quantitative estimate of drug-likeness (QED) is 0.896. The summed E-state index contributed by atoms with van der Waals surface area (Å²) < 4.78 is 0. The Morgan fingerprint density at radius 2 is 1.68 bits per heavy atom. The second-order valence-electron chi connectivity index (χ2n) is 5.71. The van der Waals surface area contributed by atoms with Crippen LogP contribution in [0.3, 0.4) is 0 Å². The van der Waals surface area contributed by atoms with Crippen molar-refractivity contribution >= 4 is 5.97 Å². The van der Waals surface area contributed by atoms with Gasteiger partial charge in [0.1, 0.15) is 0 Å². The lowest BCUT2D eigenvalue weighted by Crippen LogP contribution is -2.32. The lowest BCUT2D eigenvalue weighted by atomic mass is 9.72. The first-order chi connectivity index (χ1) is 9.23. The summed E-state index contributed by atoms with van der Waals surface area (Å²) in [6, 6.07) is 3.97. The van der Waals surface area contributed by atoms with Gasteiger partial charge in [0.05, 0.1) is 5.41 Å². The van der Waals surface area contributed by atoms with Crippen LogP contribution in [-0.2, 0) is 11.2 Å². The van der Waals surface area contributed by atoms with E-state index in [9.17, 15) is 9.90 Å². The van der Waals surface area contributed by atoms with Gasteiger partial charge in [-0.15, -0.1) is 0 Å². The Bertz CT molecular complexity index is 394. The maximum absolute atomic E-state index is 11.8. The van der Waals surface area contributed by atoms with Crippen molar-refractivity contribution in [1.82, 2.24) is 4.98 Å². The fraction of sp³-hybridized carbons (Fsp3) is 0.625. The predicted octanol–water partition coefficient (Wildman–Crippen LogP) is 3.83. The number of pyridine rings is 1. The van der Waals surface area contributed by atoms with E-state index >= 15 is 0 Å². The summed E-state index contributed by atoms with van der Waals surface area (Å²) in [4.78, 5) is 15.8. The summed E-state index contributed by atoms with van der Waals surface area (Å²) >= 11 is 0. The van der Waals surface area contributed by atoms with Crippen LogP contribution in [0.1, 0.15) is 56.9 Å². The van der Waals surface area contributed by atoms with Gasteiger partial charge >= 0.3 is 5.97 Å². The lowest BCUT2D eigenvalue weighted by Gasteiger charge is -2.31. The highest BCUT2D eigenvalue weighted by Crippen LogP contribution is 2.38. The first-order valence-electron chi connectivity index (χ1n) is 7.35. The number of carboxylic acid groups (broad SMARTS) is 1. The Morgan fingerprint density at radius 3 is 2.26 bits per heavy atom. The van der Waals surface area contributed by atoms with Gasteiger partial charge in [-0.25, -0.2) is 0 Å². The van der Waals surface area contributed by atoms with E-state index in [4.69, 9.17) is 0 Å². The highest BCUT2D eigenvalue weighted by atomic mass is 16.4. The van der Waals surface area contributed by atoms with Gasteiger partial charge < -0.3 is 5.11 Å². The van der Waals surface area contributed by atoms with Crippen molar-refractivity contribution in [1.29, 1.82) is 0 Å². The first kappa shape index (κ1) is 14.0. The average molecular weight is 261 g/mol. The average Bonchev–Trinajstić information content (AvgIpc) is 2.39. The van der Waals surface area contributed by atoms with Crippen LogP contribution in [0, 0.1) is 5.41 Å². The molecule has 19 heavy (non-hydrogen) atoms. The molecule has 0 amide bonds. The Kier molecular flexibility index (Phi) is 4.94.